The zero-order valence-electron chi connectivity index (χ0n) is 16.3. The van der Waals surface area contributed by atoms with Crippen LogP contribution >= 0.6 is 0 Å². The summed E-state index contributed by atoms with van der Waals surface area (Å²) in [6, 6.07) is 16.4. The second-order valence-corrected chi connectivity index (χ2v) is 6.61. The maximum atomic E-state index is 13.8. The Hall–Kier alpha value is -3.59. The topological polar surface area (TPSA) is 87.6 Å². The summed E-state index contributed by atoms with van der Waals surface area (Å²) in [7, 11) is 0. The van der Waals surface area contributed by atoms with Gasteiger partial charge >= 0.3 is 0 Å². The van der Waals surface area contributed by atoms with Gasteiger partial charge in [0.1, 0.15) is 5.82 Å². The van der Waals surface area contributed by atoms with E-state index in [4.69, 9.17) is 4.74 Å². The Morgan fingerprint density at radius 3 is 2.50 bits per heavy atom. The fraction of sp³-hybridized carbons (Fsp3) is 0.238. The zero-order chi connectivity index (χ0) is 20.6. The molecule has 9 heteroatoms. The highest BCUT2D eigenvalue weighted by Crippen LogP contribution is 2.16. The highest BCUT2D eigenvalue weighted by Gasteiger charge is 2.16. The number of benzene rings is 2. The molecular weight excluding hydrogens is 385 g/mol. The first kappa shape index (κ1) is 19.7. The van der Waals surface area contributed by atoms with Gasteiger partial charge in [0.25, 0.3) is 0 Å². The first-order chi connectivity index (χ1) is 14.8. The molecular formula is C21H22FN7O. The number of hydrogen-bond donors (Lipinski definition) is 2. The van der Waals surface area contributed by atoms with Crippen molar-refractivity contribution in [3.05, 3.63) is 71.5 Å². The van der Waals surface area contributed by atoms with E-state index in [0.29, 0.717) is 50.3 Å². The molecule has 0 aliphatic carbocycles. The van der Waals surface area contributed by atoms with Gasteiger partial charge in [-0.2, -0.15) is 20.1 Å². The molecule has 0 bridgehead atoms. The molecule has 0 radical (unpaired) electrons. The molecule has 30 heavy (non-hydrogen) atoms. The summed E-state index contributed by atoms with van der Waals surface area (Å²) >= 11 is 0. The first-order valence-electron chi connectivity index (χ1n) is 9.68. The molecule has 0 amide bonds. The summed E-state index contributed by atoms with van der Waals surface area (Å²) in [4.78, 5) is 15.4. The second-order valence-electron chi connectivity index (χ2n) is 6.61. The quantitative estimate of drug-likeness (QED) is 0.460. The summed E-state index contributed by atoms with van der Waals surface area (Å²) in [5, 5.41) is 7.31. The molecule has 1 aromatic heterocycles. The van der Waals surface area contributed by atoms with Crippen LogP contribution in [0.5, 0.6) is 0 Å². The van der Waals surface area contributed by atoms with Crippen molar-refractivity contribution in [1.82, 2.24) is 15.0 Å². The predicted molar refractivity (Wildman–Crippen MR) is 114 cm³/mol. The highest BCUT2D eigenvalue weighted by atomic mass is 19.1. The number of hydrogen-bond acceptors (Lipinski definition) is 8. The largest absolute Gasteiger partial charge is 0.378 e. The molecule has 8 nitrogen and oxygen atoms in total. The number of morpholine rings is 1. The van der Waals surface area contributed by atoms with Crippen LogP contribution in [0.25, 0.3) is 0 Å². The minimum absolute atomic E-state index is 0.273. The van der Waals surface area contributed by atoms with Crippen LogP contribution in [0.15, 0.2) is 59.7 Å². The van der Waals surface area contributed by atoms with E-state index in [2.05, 4.69) is 30.8 Å². The van der Waals surface area contributed by atoms with Crippen LogP contribution in [0, 0.1) is 5.82 Å². The van der Waals surface area contributed by atoms with E-state index >= 15 is 0 Å². The Labute approximate surface area is 173 Å². The maximum Gasteiger partial charge on any atom is 0.250 e. The van der Waals surface area contributed by atoms with Gasteiger partial charge < -0.3 is 15.0 Å². The fourth-order valence-corrected chi connectivity index (χ4v) is 2.91. The van der Waals surface area contributed by atoms with Gasteiger partial charge in [-0.05, 0) is 11.6 Å². The molecule has 0 spiro atoms. The lowest BCUT2D eigenvalue weighted by Crippen LogP contribution is -2.37. The van der Waals surface area contributed by atoms with Gasteiger partial charge in [-0.1, -0.05) is 48.5 Å². The van der Waals surface area contributed by atoms with Crippen LogP contribution < -0.4 is 15.6 Å². The van der Waals surface area contributed by atoms with Gasteiger partial charge in [-0.15, -0.1) is 0 Å². The van der Waals surface area contributed by atoms with E-state index in [0.717, 1.165) is 5.56 Å². The number of anilines is 3. The van der Waals surface area contributed by atoms with Crippen molar-refractivity contribution in [3.8, 4) is 0 Å². The Morgan fingerprint density at radius 1 is 0.967 bits per heavy atom. The van der Waals surface area contributed by atoms with Crippen molar-refractivity contribution in [2.24, 2.45) is 5.10 Å². The molecule has 1 aliphatic heterocycles. The zero-order valence-corrected chi connectivity index (χ0v) is 16.3. The van der Waals surface area contributed by atoms with Crippen LogP contribution in [0.4, 0.5) is 22.2 Å². The Balaban J connectivity index is 1.52. The lowest BCUT2D eigenvalue weighted by Gasteiger charge is -2.27. The summed E-state index contributed by atoms with van der Waals surface area (Å²) in [6.07, 6.45) is 1.39. The molecule has 0 atom stereocenters. The van der Waals surface area contributed by atoms with Crippen molar-refractivity contribution in [1.29, 1.82) is 0 Å². The lowest BCUT2D eigenvalue weighted by atomic mass is 10.2. The third kappa shape index (κ3) is 5.26. The van der Waals surface area contributed by atoms with Crippen LogP contribution in [0.3, 0.4) is 0 Å². The maximum absolute atomic E-state index is 13.8. The van der Waals surface area contributed by atoms with E-state index in [1.807, 2.05) is 35.2 Å². The van der Waals surface area contributed by atoms with E-state index < -0.39 is 0 Å². The lowest BCUT2D eigenvalue weighted by molar-refractivity contribution is 0.122. The molecule has 1 aliphatic rings. The van der Waals surface area contributed by atoms with Gasteiger partial charge in [0.15, 0.2) is 0 Å². The van der Waals surface area contributed by atoms with Crippen molar-refractivity contribution < 1.29 is 9.13 Å². The third-order valence-electron chi connectivity index (χ3n) is 4.48. The Morgan fingerprint density at radius 2 is 1.70 bits per heavy atom. The number of aromatic nitrogens is 3. The fourth-order valence-electron chi connectivity index (χ4n) is 2.91. The van der Waals surface area contributed by atoms with Crippen molar-refractivity contribution in [3.63, 3.8) is 0 Å². The highest BCUT2D eigenvalue weighted by molar-refractivity contribution is 5.80. The number of ether oxygens (including phenoxy) is 1. The van der Waals surface area contributed by atoms with E-state index in [-0.39, 0.29) is 11.8 Å². The number of halogens is 1. The molecule has 4 rings (SSSR count). The van der Waals surface area contributed by atoms with E-state index in [1.165, 1.54) is 12.3 Å². The molecule has 1 saturated heterocycles. The van der Waals surface area contributed by atoms with Crippen LogP contribution in [0.2, 0.25) is 0 Å². The average Bonchev–Trinajstić information content (AvgIpc) is 2.80. The van der Waals surface area contributed by atoms with Crippen molar-refractivity contribution >= 4 is 24.1 Å². The smallest absolute Gasteiger partial charge is 0.250 e. The Kier molecular flexibility index (Phi) is 6.41. The first-order valence-corrected chi connectivity index (χ1v) is 9.68. The summed E-state index contributed by atoms with van der Waals surface area (Å²) in [5.41, 5.74) is 4.26. The molecule has 3 aromatic rings. The third-order valence-corrected chi connectivity index (χ3v) is 4.48. The molecule has 154 valence electrons. The molecule has 2 aromatic carbocycles. The van der Waals surface area contributed by atoms with Gasteiger partial charge in [0, 0.05) is 25.2 Å². The van der Waals surface area contributed by atoms with Gasteiger partial charge in [0.05, 0.1) is 19.4 Å². The molecule has 0 saturated carbocycles. The number of rotatable bonds is 7. The van der Waals surface area contributed by atoms with Crippen LogP contribution in [-0.4, -0.2) is 47.5 Å². The van der Waals surface area contributed by atoms with Gasteiger partial charge in [0.2, 0.25) is 17.8 Å². The minimum Gasteiger partial charge on any atom is -0.378 e. The van der Waals surface area contributed by atoms with Crippen LogP contribution in [0.1, 0.15) is 11.1 Å². The van der Waals surface area contributed by atoms with E-state index in [1.54, 1.807) is 18.2 Å². The summed E-state index contributed by atoms with van der Waals surface area (Å²) in [5.74, 6) is 0.888. The van der Waals surface area contributed by atoms with Crippen molar-refractivity contribution in [2.45, 2.75) is 6.54 Å². The minimum atomic E-state index is -0.349. The number of nitrogens with zero attached hydrogens (tertiary/aromatic N) is 5. The van der Waals surface area contributed by atoms with Crippen LogP contribution in [-0.2, 0) is 11.3 Å². The number of hydrazone groups is 1. The normalized spacial score (nSPS) is 14.1. The molecule has 2 N–H and O–H groups in total. The second kappa shape index (κ2) is 9.75. The standard InChI is InChI=1S/C21H22FN7O/c22-18-9-5-4-8-17(18)15-24-28-20-25-19(23-14-16-6-2-1-3-7-16)26-21(27-20)29-10-12-30-13-11-29/h1-9,15H,10-14H2,(H2,23,25,26,27,28)/b24-15-. The SMILES string of the molecule is Fc1ccccc1/C=N\Nc1nc(NCc2ccccc2)nc(N2CCOCC2)n1. The van der Waals surface area contributed by atoms with E-state index in [9.17, 15) is 4.39 Å². The monoisotopic (exact) mass is 407 g/mol. The Bertz CT molecular complexity index is 994. The summed E-state index contributed by atoms with van der Waals surface area (Å²) < 4.78 is 19.2. The van der Waals surface area contributed by atoms with Gasteiger partial charge in [-0.25, -0.2) is 9.82 Å². The summed E-state index contributed by atoms with van der Waals surface area (Å²) in [6.45, 7) is 3.20. The predicted octanol–water partition coefficient (Wildman–Crippen LogP) is 2.91. The molecule has 0 unspecified atom stereocenters. The number of nitrogens with one attached hydrogen (secondary N) is 2. The van der Waals surface area contributed by atoms with Crippen molar-refractivity contribution in [2.75, 3.05) is 41.9 Å². The molecule has 2 heterocycles. The molecule has 1 fully saturated rings. The average molecular weight is 407 g/mol. The van der Waals surface area contributed by atoms with Gasteiger partial charge in [-0.3, -0.25) is 0 Å².